The third-order valence-corrected chi connectivity index (χ3v) is 3.71. The standard InChI is InChI=1S/C14H14F4N2.ClH/c15-12-7-11(14(16,17)18)2-1-10(12)8-13(9-19)3-5-20-6-4-13;/h1-2,7,20H,3-6,8H2;1H. The van der Waals surface area contributed by atoms with E-state index in [1.54, 1.807) is 0 Å². The van der Waals surface area contributed by atoms with Crippen molar-refractivity contribution in [1.82, 2.24) is 5.32 Å². The third-order valence-electron chi connectivity index (χ3n) is 3.71. The Hall–Kier alpha value is -1.32. The summed E-state index contributed by atoms with van der Waals surface area (Å²) >= 11 is 0. The molecule has 1 aromatic rings. The molecule has 2 nitrogen and oxygen atoms in total. The van der Waals surface area contributed by atoms with Crippen LogP contribution in [0.15, 0.2) is 18.2 Å². The lowest BCUT2D eigenvalue weighted by Crippen LogP contribution is -2.37. The van der Waals surface area contributed by atoms with Gasteiger partial charge in [-0.1, -0.05) is 6.07 Å². The highest BCUT2D eigenvalue weighted by Crippen LogP contribution is 2.35. The van der Waals surface area contributed by atoms with Gasteiger partial charge in [-0.05, 0) is 50.0 Å². The lowest BCUT2D eigenvalue weighted by Gasteiger charge is -2.31. The average molecular weight is 323 g/mol. The van der Waals surface area contributed by atoms with Crippen molar-refractivity contribution < 1.29 is 17.6 Å². The number of halogens is 5. The number of rotatable bonds is 2. The van der Waals surface area contributed by atoms with Crippen LogP contribution in [0.5, 0.6) is 0 Å². The molecule has 1 fully saturated rings. The van der Waals surface area contributed by atoms with Crippen LogP contribution >= 0.6 is 12.4 Å². The molecule has 0 bridgehead atoms. The maximum Gasteiger partial charge on any atom is 0.416 e. The van der Waals surface area contributed by atoms with Gasteiger partial charge in [-0.15, -0.1) is 12.4 Å². The smallest absolute Gasteiger partial charge is 0.317 e. The van der Waals surface area contributed by atoms with E-state index in [1.807, 2.05) is 0 Å². The molecule has 2 rings (SSSR count). The summed E-state index contributed by atoms with van der Waals surface area (Å²) in [7, 11) is 0. The van der Waals surface area contributed by atoms with E-state index in [1.165, 1.54) is 0 Å². The van der Waals surface area contributed by atoms with Crippen molar-refractivity contribution in [2.75, 3.05) is 13.1 Å². The number of hydrogen-bond acceptors (Lipinski definition) is 2. The van der Waals surface area contributed by atoms with Gasteiger partial charge in [-0.25, -0.2) is 4.39 Å². The first kappa shape index (κ1) is 17.7. The molecule has 0 saturated carbocycles. The zero-order chi connectivity index (χ0) is 14.8. The minimum atomic E-state index is -4.55. The molecule has 1 aromatic carbocycles. The highest BCUT2D eigenvalue weighted by Gasteiger charge is 2.35. The highest BCUT2D eigenvalue weighted by atomic mass is 35.5. The fourth-order valence-electron chi connectivity index (χ4n) is 2.47. The number of nitriles is 1. The summed E-state index contributed by atoms with van der Waals surface area (Å²) in [4.78, 5) is 0. The molecular weight excluding hydrogens is 308 g/mol. The van der Waals surface area contributed by atoms with Crippen LogP contribution in [0.25, 0.3) is 0 Å². The largest absolute Gasteiger partial charge is 0.416 e. The summed E-state index contributed by atoms with van der Waals surface area (Å²) in [5, 5.41) is 12.4. The Bertz CT molecular complexity index is 531. The van der Waals surface area contributed by atoms with Crippen LogP contribution in [0.3, 0.4) is 0 Å². The molecule has 1 aliphatic rings. The minimum Gasteiger partial charge on any atom is -0.317 e. The van der Waals surface area contributed by atoms with Crippen molar-refractivity contribution >= 4 is 12.4 Å². The summed E-state index contributed by atoms with van der Waals surface area (Å²) in [6, 6.07) is 4.71. The Labute approximate surface area is 126 Å². The molecule has 21 heavy (non-hydrogen) atoms. The summed E-state index contributed by atoms with van der Waals surface area (Å²) in [6.45, 7) is 1.33. The van der Waals surface area contributed by atoms with Crippen LogP contribution < -0.4 is 5.32 Å². The third kappa shape index (κ3) is 4.08. The summed E-state index contributed by atoms with van der Waals surface area (Å²) < 4.78 is 51.2. The van der Waals surface area contributed by atoms with Crippen LogP contribution in [-0.2, 0) is 12.6 Å². The molecule has 1 saturated heterocycles. The van der Waals surface area contributed by atoms with Gasteiger partial charge in [0.05, 0.1) is 17.0 Å². The Morgan fingerprint density at radius 2 is 1.86 bits per heavy atom. The second kappa shape index (κ2) is 6.63. The van der Waals surface area contributed by atoms with E-state index in [-0.39, 0.29) is 24.4 Å². The number of nitrogens with zero attached hydrogens (tertiary/aromatic N) is 1. The molecule has 0 radical (unpaired) electrons. The Balaban J connectivity index is 0.00000220. The average Bonchev–Trinajstić information content (AvgIpc) is 2.41. The van der Waals surface area contributed by atoms with Crippen molar-refractivity contribution in [3.8, 4) is 6.07 Å². The van der Waals surface area contributed by atoms with Crippen LogP contribution in [-0.4, -0.2) is 13.1 Å². The molecule has 1 N–H and O–H groups in total. The van der Waals surface area contributed by atoms with Gasteiger partial charge >= 0.3 is 6.18 Å². The fourth-order valence-corrected chi connectivity index (χ4v) is 2.47. The summed E-state index contributed by atoms with van der Waals surface area (Å²) in [6.07, 6.45) is -3.26. The number of piperidine rings is 1. The second-order valence-corrected chi connectivity index (χ2v) is 5.12. The predicted octanol–water partition coefficient (Wildman–Crippen LogP) is 3.70. The van der Waals surface area contributed by atoms with E-state index < -0.39 is 23.0 Å². The molecule has 116 valence electrons. The molecule has 0 aliphatic carbocycles. The van der Waals surface area contributed by atoms with E-state index in [0.717, 1.165) is 12.1 Å². The summed E-state index contributed by atoms with van der Waals surface area (Å²) in [5.41, 5.74) is -1.53. The minimum absolute atomic E-state index is 0. The van der Waals surface area contributed by atoms with Crippen molar-refractivity contribution in [1.29, 1.82) is 5.26 Å². The molecule has 0 spiro atoms. The molecule has 0 atom stereocenters. The van der Waals surface area contributed by atoms with Gasteiger partial charge in [0, 0.05) is 0 Å². The normalized spacial score (nSPS) is 17.7. The zero-order valence-electron chi connectivity index (χ0n) is 11.1. The van der Waals surface area contributed by atoms with Crippen molar-refractivity contribution in [2.45, 2.75) is 25.4 Å². The van der Waals surface area contributed by atoms with E-state index in [9.17, 15) is 22.8 Å². The number of nitrogens with one attached hydrogen (secondary N) is 1. The first-order valence-electron chi connectivity index (χ1n) is 6.34. The van der Waals surface area contributed by atoms with Gasteiger partial charge < -0.3 is 5.32 Å². The molecule has 0 amide bonds. The highest BCUT2D eigenvalue weighted by molar-refractivity contribution is 5.85. The Kier molecular flexibility index (Phi) is 5.60. The first-order chi connectivity index (χ1) is 9.36. The van der Waals surface area contributed by atoms with Gasteiger partial charge in [0.2, 0.25) is 0 Å². The summed E-state index contributed by atoms with van der Waals surface area (Å²) in [5.74, 6) is -0.895. The van der Waals surface area contributed by atoms with Gasteiger partial charge in [0.25, 0.3) is 0 Å². The molecule has 7 heteroatoms. The van der Waals surface area contributed by atoms with Gasteiger partial charge in [0.15, 0.2) is 0 Å². The maximum atomic E-state index is 13.8. The lowest BCUT2D eigenvalue weighted by molar-refractivity contribution is -0.137. The van der Waals surface area contributed by atoms with E-state index in [0.29, 0.717) is 32.0 Å². The predicted molar refractivity (Wildman–Crippen MR) is 72.5 cm³/mol. The quantitative estimate of drug-likeness (QED) is 0.843. The number of benzene rings is 1. The van der Waals surface area contributed by atoms with Crippen LogP contribution in [0.1, 0.15) is 24.0 Å². The topological polar surface area (TPSA) is 35.8 Å². The van der Waals surface area contributed by atoms with Crippen molar-refractivity contribution in [3.05, 3.63) is 35.1 Å². The van der Waals surface area contributed by atoms with Gasteiger partial charge in [-0.2, -0.15) is 18.4 Å². The van der Waals surface area contributed by atoms with E-state index in [4.69, 9.17) is 0 Å². The van der Waals surface area contributed by atoms with Crippen LogP contribution in [0, 0.1) is 22.6 Å². The van der Waals surface area contributed by atoms with Gasteiger partial charge in [-0.3, -0.25) is 0 Å². The molecule has 1 aliphatic heterocycles. The van der Waals surface area contributed by atoms with Crippen molar-refractivity contribution in [2.24, 2.45) is 5.41 Å². The fraction of sp³-hybridized carbons (Fsp3) is 0.500. The molecule has 1 heterocycles. The molecule has 0 unspecified atom stereocenters. The monoisotopic (exact) mass is 322 g/mol. The van der Waals surface area contributed by atoms with Crippen LogP contribution in [0.4, 0.5) is 17.6 Å². The van der Waals surface area contributed by atoms with Crippen molar-refractivity contribution in [3.63, 3.8) is 0 Å². The molecular formula is C14H15ClF4N2. The number of alkyl halides is 3. The van der Waals surface area contributed by atoms with E-state index in [2.05, 4.69) is 11.4 Å². The second-order valence-electron chi connectivity index (χ2n) is 5.12. The SMILES string of the molecule is Cl.N#CC1(Cc2ccc(C(F)(F)F)cc2F)CCNCC1. The zero-order valence-corrected chi connectivity index (χ0v) is 12.0. The van der Waals surface area contributed by atoms with Crippen LogP contribution in [0.2, 0.25) is 0 Å². The van der Waals surface area contributed by atoms with E-state index >= 15 is 0 Å². The Morgan fingerprint density at radius 1 is 1.24 bits per heavy atom. The lowest BCUT2D eigenvalue weighted by atomic mass is 9.75. The number of hydrogen-bond donors (Lipinski definition) is 1. The van der Waals surface area contributed by atoms with Gasteiger partial charge in [0.1, 0.15) is 5.82 Å². The first-order valence-corrected chi connectivity index (χ1v) is 6.34. The molecule has 0 aromatic heterocycles. The Morgan fingerprint density at radius 3 is 2.33 bits per heavy atom. The maximum absolute atomic E-state index is 13.8.